The topological polar surface area (TPSA) is 12.0 Å². The lowest BCUT2D eigenvalue weighted by atomic mass is 10.3. The van der Waals surface area contributed by atoms with Gasteiger partial charge in [0.15, 0.2) is 0 Å². The van der Waals surface area contributed by atoms with Crippen LogP contribution in [0.15, 0.2) is 18.7 Å². The third-order valence-electron chi connectivity index (χ3n) is 3.08. The largest absolute Gasteiger partial charge is 1.00 e. The Labute approximate surface area is 133 Å². The van der Waals surface area contributed by atoms with Crippen molar-refractivity contribution in [2.75, 3.05) is 19.6 Å². The van der Waals surface area contributed by atoms with Crippen LogP contribution in [-0.4, -0.2) is 29.1 Å². The van der Waals surface area contributed by atoms with E-state index in [-0.39, 0.29) is 34.0 Å². The molecule has 18 heavy (non-hydrogen) atoms. The zero-order valence-corrected chi connectivity index (χ0v) is 15.1. The number of rotatable bonds is 8. The summed E-state index contributed by atoms with van der Waals surface area (Å²) in [5.74, 6) is 0. The minimum atomic E-state index is 0. The molecule has 0 bridgehead atoms. The molecule has 0 amide bonds. The van der Waals surface area contributed by atoms with E-state index in [0.717, 1.165) is 32.7 Å². The molecule has 1 rings (SSSR count). The van der Waals surface area contributed by atoms with Gasteiger partial charge in [-0.1, -0.05) is 27.2 Å². The van der Waals surface area contributed by atoms with Gasteiger partial charge in [0.2, 0.25) is 6.33 Å². The predicted molar refractivity (Wildman–Crippen MR) is 77.6 cm³/mol. The second-order valence-electron chi connectivity index (χ2n) is 4.27. The van der Waals surface area contributed by atoms with Gasteiger partial charge >= 0.3 is 0 Å². The Morgan fingerprint density at radius 3 is 2.39 bits per heavy atom. The Hall–Kier alpha value is 0.130. The van der Waals surface area contributed by atoms with Gasteiger partial charge in [-0.15, -0.1) is 17.0 Å². The Morgan fingerprint density at radius 2 is 1.83 bits per heavy atom. The molecule has 0 aromatic carbocycles. The summed E-state index contributed by atoms with van der Waals surface area (Å²) in [5.41, 5.74) is 0. The number of aryl methyl sites for hydroxylation is 1. The van der Waals surface area contributed by atoms with Crippen molar-refractivity contribution < 1.29 is 21.5 Å². The van der Waals surface area contributed by atoms with E-state index in [1.54, 1.807) is 0 Å². The number of hydrogen-bond donors (Lipinski definition) is 0. The summed E-state index contributed by atoms with van der Waals surface area (Å²) < 4.78 is 4.57. The van der Waals surface area contributed by atoms with Crippen molar-refractivity contribution in [1.82, 2.24) is 9.47 Å². The molecule has 0 aliphatic carbocycles. The number of likely N-dealkylation sites (N-methyl/N-ethyl adjacent to an activating group) is 1. The molecule has 0 unspecified atom stereocenters. The highest BCUT2D eigenvalue weighted by Gasteiger charge is 2.05. The summed E-state index contributed by atoms with van der Waals surface area (Å²) >= 11 is 0. The van der Waals surface area contributed by atoms with Crippen LogP contribution in [0.2, 0.25) is 0 Å². The van der Waals surface area contributed by atoms with E-state index in [2.05, 4.69) is 53.5 Å². The lowest BCUT2D eigenvalue weighted by Crippen LogP contribution is -3.00. The molecule has 0 N–H and O–H groups in total. The predicted octanol–water partition coefficient (Wildman–Crippen LogP) is -0.501. The molecule has 1 heterocycles. The second kappa shape index (κ2) is 12.2. The molecule has 108 valence electrons. The fourth-order valence-electron chi connectivity index (χ4n) is 1.84. The quantitative estimate of drug-likeness (QED) is 0.550. The third-order valence-corrected chi connectivity index (χ3v) is 3.08. The van der Waals surface area contributed by atoms with Gasteiger partial charge in [-0.2, -0.15) is 0 Å². The zero-order chi connectivity index (χ0) is 11.8. The van der Waals surface area contributed by atoms with E-state index < -0.39 is 0 Å². The van der Waals surface area contributed by atoms with Crippen LogP contribution in [-0.2, 0) is 13.1 Å². The van der Waals surface area contributed by atoms with Crippen LogP contribution >= 0.6 is 17.0 Å². The van der Waals surface area contributed by atoms with Crippen molar-refractivity contribution in [1.29, 1.82) is 0 Å². The van der Waals surface area contributed by atoms with Gasteiger partial charge in [0.25, 0.3) is 0 Å². The normalized spacial score (nSPS) is 10.0. The van der Waals surface area contributed by atoms with Crippen LogP contribution in [0.25, 0.3) is 0 Å². The van der Waals surface area contributed by atoms with Crippen molar-refractivity contribution in [3.8, 4) is 0 Å². The van der Waals surface area contributed by atoms with Crippen LogP contribution in [0.3, 0.4) is 0 Å². The summed E-state index contributed by atoms with van der Waals surface area (Å²) in [6.45, 7) is 12.4. The zero-order valence-electron chi connectivity index (χ0n) is 11.8. The summed E-state index contributed by atoms with van der Waals surface area (Å²) in [5, 5.41) is 0. The molecule has 0 atom stereocenters. The lowest BCUT2D eigenvalue weighted by molar-refractivity contribution is -0.696. The first-order valence-corrected chi connectivity index (χ1v) is 6.57. The molecule has 1 aromatic heterocycles. The maximum absolute atomic E-state index is 2.45. The van der Waals surface area contributed by atoms with Crippen molar-refractivity contribution in [2.24, 2.45) is 0 Å². The fourth-order valence-corrected chi connectivity index (χ4v) is 1.84. The third kappa shape index (κ3) is 7.54. The maximum Gasteiger partial charge on any atom is 0.243 e. The van der Waals surface area contributed by atoms with E-state index in [1.807, 2.05) is 0 Å². The van der Waals surface area contributed by atoms with Crippen LogP contribution in [0, 0.1) is 0 Å². The van der Waals surface area contributed by atoms with Gasteiger partial charge in [0.1, 0.15) is 18.9 Å². The first-order valence-electron chi connectivity index (χ1n) is 6.57. The molecule has 0 spiro atoms. The highest BCUT2D eigenvalue weighted by molar-refractivity contribution is 8.93. The van der Waals surface area contributed by atoms with Gasteiger partial charge in [-0.05, 0) is 19.5 Å². The van der Waals surface area contributed by atoms with Gasteiger partial charge in [0.05, 0.1) is 6.54 Å². The molecular weight excluding hydrogens is 358 g/mol. The Bertz CT molecular complexity index is 286. The number of aromatic nitrogens is 2. The summed E-state index contributed by atoms with van der Waals surface area (Å²) in [6, 6.07) is 0. The molecule has 5 heteroatoms. The Kier molecular flexibility index (Phi) is 13.8. The molecule has 0 radical (unpaired) electrons. The molecular formula is C13H27Br2N3. The van der Waals surface area contributed by atoms with Gasteiger partial charge < -0.3 is 17.0 Å². The van der Waals surface area contributed by atoms with Gasteiger partial charge in [0, 0.05) is 6.54 Å². The Balaban J connectivity index is 0. The summed E-state index contributed by atoms with van der Waals surface area (Å²) in [7, 11) is 0. The second-order valence-corrected chi connectivity index (χ2v) is 4.27. The molecule has 0 aliphatic heterocycles. The molecule has 0 aliphatic rings. The van der Waals surface area contributed by atoms with E-state index in [4.69, 9.17) is 0 Å². The standard InChI is InChI=1S/C13H26N3.2BrH/c1-4-7-8-15-11-12-16(13-15)10-9-14(5-2)6-3;;/h11-13H,4-10H2,1-3H3;2*1H/q+1;;/p-1. The van der Waals surface area contributed by atoms with E-state index in [9.17, 15) is 0 Å². The molecule has 0 fully saturated rings. The number of nitrogens with zero attached hydrogens (tertiary/aromatic N) is 3. The minimum Gasteiger partial charge on any atom is -1.00 e. The van der Waals surface area contributed by atoms with Crippen molar-refractivity contribution in [2.45, 2.75) is 46.7 Å². The number of imidazole rings is 1. The van der Waals surface area contributed by atoms with Crippen LogP contribution in [0.5, 0.6) is 0 Å². The molecule has 0 saturated carbocycles. The number of halogens is 2. The van der Waals surface area contributed by atoms with E-state index in [0.29, 0.717) is 0 Å². The average Bonchev–Trinajstić information content (AvgIpc) is 2.76. The number of unbranched alkanes of at least 4 members (excludes halogenated alkanes) is 1. The number of hydrogen-bond acceptors (Lipinski definition) is 1. The van der Waals surface area contributed by atoms with Crippen molar-refractivity contribution in [3.05, 3.63) is 18.7 Å². The first-order chi connectivity index (χ1) is 7.80. The lowest BCUT2D eigenvalue weighted by Gasteiger charge is -2.15. The molecule has 1 aromatic rings. The highest BCUT2D eigenvalue weighted by Crippen LogP contribution is 1.92. The fraction of sp³-hybridized carbons (Fsp3) is 0.769. The van der Waals surface area contributed by atoms with Gasteiger partial charge in [-0.25, -0.2) is 9.13 Å². The molecule has 3 nitrogen and oxygen atoms in total. The Morgan fingerprint density at radius 1 is 1.17 bits per heavy atom. The highest BCUT2D eigenvalue weighted by atomic mass is 79.9. The first kappa shape index (κ1) is 20.4. The van der Waals surface area contributed by atoms with Crippen LogP contribution in [0.1, 0.15) is 33.6 Å². The van der Waals surface area contributed by atoms with E-state index >= 15 is 0 Å². The maximum atomic E-state index is 2.45. The average molecular weight is 385 g/mol. The summed E-state index contributed by atoms with van der Waals surface area (Å²) in [4.78, 5) is 2.45. The SMILES string of the molecule is Br.CCCC[n+]1ccn(CCN(CC)CC)c1.[Br-]. The van der Waals surface area contributed by atoms with Crippen LogP contribution < -0.4 is 21.5 Å². The smallest absolute Gasteiger partial charge is 0.243 e. The molecule has 0 saturated heterocycles. The monoisotopic (exact) mass is 383 g/mol. The van der Waals surface area contributed by atoms with E-state index in [1.165, 1.54) is 12.8 Å². The minimum absolute atomic E-state index is 0. The van der Waals surface area contributed by atoms with Gasteiger partial charge in [-0.3, -0.25) is 4.90 Å². The van der Waals surface area contributed by atoms with Crippen LogP contribution in [0.4, 0.5) is 0 Å². The van der Waals surface area contributed by atoms with Crippen molar-refractivity contribution >= 4 is 17.0 Å². The summed E-state index contributed by atoms with van der Waals surface area (Å²) in [6.07, 6.45) is 9.11. The van der Waals surface area contributed by atoms with Crippen molar-refractivity contribution in [3.63, 3.8) is 0 Å².